The van der Waals surface area contributed by atoms with Gasteiger partial charge in [0.05, 0.1) is 11.0 Å². The van der Waals surface area contributed by atoms with Gasteiger partial charge in [0.15, 0.2) is 0 Å². The van der Waals surface area contributed by atoms with Crippen molar-refractivity contribution in [2.45, 2.75) is 13.3 Å². The molecule has 0 aromatic carbocycles. The first-order chi connectivity index (χ1) is 9.74. The first-order valence-electron chi connectivity index (χ1n) is 6.17. The lowest BCUT2D eigenvalue weighted by molar-refractivity contribution is 1.09. The van der Waals surface area contributed by atoms with Gasteiger partial charge in [-0.05, 0) is 19.1 Å². The molecule has 3 nitrogen and oxygen atoms in total. The van der Waals surface area contributed by atoms with E-state index in [0.29, 0.717) is 6.42 Å². The Balaban J connectivity index is 2.64. The Bertz CT molecular complexity index is 750. The molecule has 0 atom stereocenters. The van der Waals surface area contributed by atoms with Gasteiger partial charge in [-0.15, -0.1) is 5.73 Å². The normalized spacial score (nSPS) is 22.4. The van der Waals surface area contributed by atoms with E-state index < -0.39 is 0 Å². The highest BCUT2D eigenvalue weighted by Gasteiger charge is 2.06. The average Bonchev–Trinajstić information content (AvgIpc) is 2.49. The molecule has 0 spiro atoms. The third kappa shape index (κ3) is 3.44. The van der Waals surface area contributed by atoms with E-state index in [1.54, 1.807) is 30.5 Å². The van der Waals surface area contributed by atoms with Crippen molar-refractivity contribution in [3.8, 4) is 0 Å². The van der Waals surface area contributed by atoms with E-state index in [2.05, 4.69) is 39.9 Å². The quantitative estimate of drug-likeness (QED) is 0.617. The van der Waals surface area contributed by atoms with E-state index in [0.717, 1.165) is 26.1 Å². The van der Waals surface area contributed by atoms with Crippen LogP contribution in [0.1, 0.15) is 13.3 Å². The number of rotatable bonds is 2. The minimum atomic E-state index is 0.701. The first-order valence-corrected chi connectivity index (χ1v) is 6.98. The fraction of sp³-hybridized carbons (Fsp3) is 0.125. The van der Waals surface area contributed by atoms with Crippen LogP contribution in [-0.2, 0) is 0 Å². The van der Waals surface area contributed by atoms with Crippen LogP contribution in [0.4, 0.5) is 0 Å². The van der Waals surface area contributed by atoms with Crippen LogP contribution in [-0.4, -0.2) is 16.2 Å². The van der Waals surface area contributed by atoms with Crippen LogP contribution in [0.3, 0.4) is 0 Å². The molecule has 0 saturated carbocycles. The molecule has 4 heteroatoms. The number of aliphatic imine (C=N–C) groups is 1. The number of fused-ring (bicyclic) bond motifs is 1. The minimum absolute atomic E-state index is 0.701. The van der Waals surface area contributed by atoms with Gasteiger partial charge in [-0.2, -0.15) is 0 Å². The molecule has 0 saturated heterocycles. The Morgan fingerprint density at radius 3 is 3.10 bits per heavy atom. The van der Waals surface area contributed by atoms with Gasteiger partial charge < -0.3 is 0 Å². The molecule has 1 aromatic heterocycles. The Morgan fingerprint density at radius 2 is 2.35 bits per heavy atom. The lowest BCUT2D eigenvalue weighted by atomic mass is 10.2. The lowest BCUT2D eigenvalue weighted by Gasteiger charge is -2.05. The van der Waals surface area contributed by atoms with Gasteiger partial charge in [-0.3, -0.25) is 4.99 Å². The SMILES string of the molecule is C=C=C/C1=C(\N=CC)C/C=c2/cncn/c2=C/C(=C)S1. The van der Waals surface area contributed by atoms with Crippen LogP contribution in [0.15, 0.2) is 58.0 Å². The third-order valence-corrected chi connectivity index (χ3v) is 3.58. The Hall–Kier alpha value is -2.16. The van der Waals surface area contributed by atoms with Crippen molar-refractivity contribution in [2.75, 3.05) is 0 Å². The Labute approximate surface area is 122 Å². The van der Waals surface area contributed by atoms with Crippen molar-refractivity contribution < 1.29 is 0 Å². The van der Waals surface area contributed by atoms with Crippen molar-refractivity contribution in [3.63, 3.8) is 0 Å². The van der Waals surface area contributed by atoms with Gasteiger partial charge in [-0.25, -0.2) is 9.97 Å². The molecule has 0 fully saturated rings. The van der Waals surface area contributed by atoms with Crippen molar-refractivity contribution in [1.82, 2.24) is 9.97 Å². The summed E-state index contributed by atoms with van der Waals surface area (Å²) in [6, 6.07) is 0. The van der Waals surface area contributed by atoms with Crippen LogP contribution >= 0.6 is 11.8 Å². The topological polar surface area (TPSA) is 38.1 Å². The maximum absolute atomic E-state index is 4.44. The largest absolute Gasteiger partial charge is 0.264 e. The van der Waals surface area contributed by atoms with Gasteiger partial charge in [0.2, 0.25) is 0 Å². The number of hydrogen-bond acceptors (Lipinski definition) is 4. The van der Waals surface area contributed by atoms with Crippen LogP contribution in [0.25, 0.3) is 12.2 Å². The monoisotopic (exact) mass is 281 g/mol. The van der Waals surface area contributed by atoms with E-state index >= 15 is 0 Å². The third-order valence-electron chi connectivity index (χ3n) is 2.63. The fourth-order valence-electron chi connectivity index (χ4n) is 1.79. The molecule has 1 aliphatic heterocycles. The minimum Gasteiger partial charge on any atom is -0.264 e. The maximum atomic E-state index is 4.44. The molecule has 0 unspecified atom stereocenters. The van der Waals surface area contributed by atoms with Crippen molar-refractivity contribution in [3.05, 3.63) is 63.6 Å². The number of aromatic nitrogens is 2. The summed E-state index contributed by atoms with van der Waals surface area (Å²) in [6.07, 6.45) is 11.7. The van der Waals surface area contributed by atoms with E-state index in [9.17, 15) is 0 Å². The molecular weight excluding hydrogens is 266 g/mol. The smallest absolute Gasteiger partial charge is 0.116 e. The number of nitrogens with zero attached hydrogens (tertiary/aromatic N) is 3. The zero-order chi connectivity index (χ0) is 14.4. The number of hydrogen-bond donors (Lipinski definition) is 0. The zero-order valence-electron chi connectivity index (χ0n) is 11.3. The van der Waals surface area contributed by atoms with Gasteiger partial charge in [0, 0.05) is 33.9 Å². The predicted molar refractivity (Wildman–Crippen MR) is 86.5 cm³/mol. The van der Waals surface area contributed by atoms with Gasteiger partial charge in [-0.1, -0.05) is 31.0 Å². The molecule has 2 rings (SSSR count). The Morgan fingerprint density at radius 1 is 1.50 bits per heavy atom. The van der Waals surface area contributed by atoms with E-state index in [1.807, 2.05) is 19.1 Å². The van der Waals surface area contributed by atoms with Gasteiger partial charge >= 0.3 is 0 Å². The predicted octanol–water partition coefficient (Wildman–Crippen LogP) is 2.33. The van der Waals surface area contributed by atoms with Crippen LogP contribution in [0.5, 0.6) is 0 Å². The van der Waals surface area contributed by atoms with Gasteiger partial charge in [0.1, 0.15) is 6.33 Å². The van der Waals surface area contributed by atoms with Crippen molar-refractivity contribution >= 4 is 30.1 Å². The average molecular weight is 281 g/mol. The summed E-state index contributed by atoms with van der Waals surface area (Å²) in [6.45, 7) is 9.60. The molecule has 0 radical (unpaired) electrons. The summed E-state index contributed by atoms with van der Waals surface area (Å²) in [5.74, 6) is 0. The molecule has 1 aromatic rings. The molecule has 100 valence electrons. The Kier molecular flexibility index (Phi) is 4.88. The second kappa shape index (κ2) is 6.85. The molecule has 0 N–H and O–H groups in total. The highest BCUT2D eigenvalue weighted by Crippen LogP contribution is 2.30. The summed E-state index contributed by atoms with van der Waals surface area (Å²) < 4.78 is 0. The second-order valence-corrected chi connectivity index (χ2v) is 5.20. The summed E-state index contributed by atoms with van der Waals surface area (Å²) in [4.78, 5) is 14.7. The van der Waals surface area contributed by atoms with Crippen molar-refractivity contribution in [2.24, 2.45) is 4.99 Å². The van der Waals surface area contributed by atoms with Crippen LogP contribution in [0, 0.1) is 0 Å². The standard InChI is InChI=1S/C16H15N3S/c1-4-6-16-14(18-5-2)8-7-13-10-17-11-19-15(13)9-12(3)20-16/h5-7,9-11H,1,3,8H2,2H3/b13-7-,15-9+,16-14+,18-5?. The highest BCUT2D eigenvalue weighted by atomic mass is 32.2. The maximum Gasteiger partial charge on any atom is 0.116 e. The lowest BCUT2D eigenvalue weighted by Crippen LogP contribution is -2.28. The number of thioether (sulfide) groups is 1. The molecular formula is C16H15N3S. The van der Waals surface area contributed by atoms with Crippen LogP contribution in [0.2, 0.25) is 0 Å². The summed E-state index contributed by atoms with van der Waals surface area (Å²) in [7, 11) is 0. The molecule has 0 amide bonds. The van der Waals surface area contributed by atoms with E-state index in [4.69, 9.17) is 0 Å². The molecule has 0 bridgehead atoms. The molecule has 0 aliphatic carbocycles. The first kappa shape index (κ1) is 14.3. The summed E-state index contributed by atoms with van der Waals surface area (Å²) >= 11 is 1.55. The molecule has 2 heterocycles. The zero-order valence-corrected chi connectivity index (χ0v) is 12.2. The number of allylic oxidation sites excluding steroid dienone is 3. The highest BCUT2D eigenvalue weighted by molar-refractivity contribution is 8.07. The second-order valence-electron chi connectivity index (χ2n) is 4.03. The molecule has 1 aliphatic rings. The van der Waals surface area contributed by atoms with E-state index in [-0.39, 0.29) is 0 Å². The summed E-state index contributed by atoms with van der Waals surface area (Å²) in [5.41, 5.74) is 3.77. The summed E-state index contributed by atoms with van der Waals surface area (Å²) in [5, 5.41) is 1.86. The van der Waals surface area contributed by atoms with Gasteiger partial charge in [0.25, 0.3) is 0 Å². The molecule has 20 heavy (non-hydrogen) atoms. The van der Waals surface area contributed by atoms with Crippen molar-refractivity contribution in [1.29, 1.82) is 0 Å². The fourth-order valence-corrected chi connectivity index (χ4v) is 2.64. The van der Waals surface area contributed by atoms with E-state index in [1.165, 1.54) is 0 Å². The van der Waals surface area contributed by atoms with Crippen LogP contribution < -0.4 is 10.6 Å².